The number of fused-ring (bicyclic) bond motifs is 1. The van der Waals surface area contributed by atoms with Crippen molar-refractivity contribution in [3.63, 3.8) is 0 Å². The van der Waals surface area contributed by atoms with Crippen LogP contribution in [0, 0.1) is 19.8 Å². The first-order chi connectivity index (χ1) is 20.0. The van der Waals surface area contributed by atoms with E-state index in [9.17, 15) is 22.8 Å². The van der Waals surface area contributed by atoms with Gasteiger partial charge in [-0.3, -0.25) is 9.59 Å². The number of hydrogen-bond acceptors (Lipinski definition) is 8. The molecule has 1 N–H and O–H groups in total. The van der Waals surface area contributed by atoms with Crippen LogP contribution in [-0.4, -0.2) is 71.6 Å². The van der Waals surface area contributed by atoms with Gasteiger partial charge in [-0.25, -0.2) is 17.9 Å². The molecule has 42 heavy (non-hydrogen) atoms. The average molecular weight is 614 g/mol. The molecule has 2 amide bonds. The first-order valence-electron chi connectivity index (χ1n) is 14.0. The van der Waals surface area contributed by atoms with Crippen molar-refractivity contribution in [2.24, 2.45) is 5.92 Å². The van der Waals surface area contributed by atoms with Crippen molar-refractivity contribution >= 4 is 44.3 Å². The van der Waals surface area contributed by atoms with Crippen molar-refractivity contribution in [2.45, 2.75) is 58.4 Å². The quantitative estimate of drug-likeness (QED) is 0.435. The number of carbonyl (C=O) groups is 3. The van der Waals surface area contributed by atoms with E-state index in [1.54, 1.807) is 31.7 Å². The van der Waals surface area contributed by atoms with E-state index in [2.05, 4.69) is 10.4 Å². The summed E-state index contributed by atoms with van der Waals surface area (Å²) in [6, 6.07) is 7.66. The second-order valence-electron chi connectivity index (χ2n) is 10.8. The number of aryl methyl sites for hydroxylation is 2. The van der Waals surface area contributed by atoms with E-state index < -0.39 is 22.0 Å². The third kappa shape index (κ3) is 5.86. The Hall–Kier alpha value is -3.55. The van der Waals surface area contributed by atoms with Crippen LogP contribution < -0.4 is 5.32 Å². The number of aromatic nitrogens is 2. The van der Waals surface area contributed by atoms with Crippen LogP contribution in [0.2, 0.25) is 0 Å². The van der Waals surface area contributed by atoms with Gasteiger partial charge in [0.15, 0.2) is 0 Å². The Morgan fingerprint density at radius 1 is 1.14 bits per heavy atom. The molecule has 5 rings (SSSR count). The minimum atomic E-state index is -3.66. The topological polar surface area (TPSA) is 131 Å². The highest BCUT2D eigenvalue weighted by Crippen LogP contribution is 2.38. The fraction of sp³-hybridized carbons (Fsp3) is 0.448. The SMILES string of the molecule is CCOC(=O)N1CCc2c(sc(NC(=O)c3ccc(S(=O)(=O)N4CCCC(C)C4)cc3)c2C(=O)n2nc(C)cc2C)C1. The standard InChI is InChI=1S/C29H35N5O6S2/c1-5-40-29(37)32-14-12-23-24(17-32)41-27(25(23)28(36)34-20(4)15-19(3)31-34)30-26(35)21-8-10-22(11-9-21)42(38,39)33-13-6-7-18(2)16-33/h8-11,15,18H,5-7,12-14,16-17H2,1-4H3,(H,30,35). The second kappa shape index (κ2) is 12.0. The smallest absolute Gasteiger partial charge is 0.410 e. The molecule has 0 bridgehead atoms. The molecule has 1 fully saturated rings. The molecule has 0 radical (unpaired) electrons. The number of benzene rings is 1. The number of nitrogens with zero attached hydrogens (tertiary/aromatic N) is 4. The lowest BCUT2D eigenvalue weighted by molar-refractivity contribution is 0.0941. The lowest BCUT2D eigenvalue weighted by Gasteiger charge is -2.30. The van der Waals surface area contributed by atoms with Crippen LogP contribution in [0.4, 0.5) is 9.80 Å². The van der Waals surface area contributed by atoms with Gasteiger partial charge in [-0.05, 0) is 81.8 Å². The largest absolute Gasteiger partial charge is 0.450 e. The van der Waals surface area contributed by atoms with Gasteiger partial charge >= 0.3 is 6.09 Å². The number of amides is 2. The van der Waals surface area contributed by atoms with Gasteiger partial charge in [0.1, 0.15) is 5.00 Å². The molecule has 224 valence electrons. The van der Waals surface area contributed by atoms with Crippen molar-refractivity contribution in [3.8, 4) is 0 Å². The van der Waals surface area contributed by atoms with Gasteiger partial charge in [-0.2, -0.15) is 9.40 Å². The Morgan fingerprint density at radius 3 is 2.52 bits per heavy atom. The van der Waals surface area contributed by atoms with Crippen molar-refractivity contribution in [3.05, 3.63) is 63.3 Å². The third-order valence-electron chi connectivity index (χ3n) is 7.60. The van der Waals surface area contributed by atoms with Crippen molar-refractivity contribution < 1.29 is 27.5 Å². The van der Waals surface area contributed by atoms with E-state index in [0.717, 1.165) is 23.3 Å². The first-order valence-corrected chi connectivity index (χ1v) is 16.3. The Bertz CT molecular complexity index is 1630. The summed E-state index contributed by atoms with van der Waals surface area (Å²) >= 11 is 1.24. The van der Waals surface area contributed by atoms with Crippen LogP contribution in [-0.2, 0) is 27.7 Å². The van der Waals surface area contributed by atoms with E-state index in [-0.39, 0.29) is 29.5 Å². The summed E-state index contributed by atoms with van der Waals surface area (Å²) in [6.45, 7) is 9.23. The molecule has 0 saturated carbocycles. The molecule has 4 heterocycles. The van der Waals surface area contributed by atoms with Crippen molar-refractivity contribution in [2.75, 3.05) is 31.6 Å². The van der Waals surface area contributed by atoms with Gasteiger partial charge in [0.2, 0.25) is 10.0 Å². The van der Waals surface area contributed by atoms with Crippen LogP contribution >= 0.6 is 11.3 Å². The minimum Gasteiger partial charge on any atom is -0.450 e. The Morgan fingerprint density at radius 2 is 1.88 bits per heavy atom. The maximum absolute atomic E-state index is 13.8. The molecule has 1 aromatic carbocycles. The zero-order valence-corrected chi connectivity index (χ0v) is 25.8. The van der Waals surface area contributed by atoms with Crippen molar-refractivity contribution in [1.82, 2.24) is 19.0 Å². The summed E-state index contributed by atoms with van der Waals surface area (Å²) in [4.78, 5) is 42.1. The average Bonchev–Trinajstić information content (AvgIpc) is 3.50. The van der Waals surface area contributed by atoms with E-state index >= 15 is 0 Å². The number of piperidine rings is 1. The molecule has 1 unspecified atom stereocenters. The maximum atomic E-state index is 13.8. The lowest BCUT2D eigenvalue weighted by atomic mass is 10.0. The Labute approximate surface area is 249 Å². The Kier molecular flexibility index (Phi) is 8.53. The molecule has 0 aliphatic carbocycles. The number of rotatable bonds is 6. The van der Waals surface area contributed by atoms with E-state index in [1.165, 1.54) is 44.6 Å². The molecule has 0 spiro atoms. The summed E-state index contributed by atoms with van der Waals surface area (Å²) in [7, 11) is -3.66. The van der Waals surface area contributed by atoms with E-state index in [4.69, 9.17) is 4.74 Å². The van der Waals surface area contributed by atoms with Gasteiger partial charge in [0.25, 0.3) is 11.8 Å². The molecule has 1 atom stereocenters. The predicted octanol–water partition coefficient (Wildman–Crippen LogP) is 4.44. The molecule has 2 aliphatic rings. The van der Waals surface area contributed by atoms with E-state index in [1.807, 2.05) is 6.92 Å². The number of thiophene rings is 1. The fourth-order valence-corrected chi connectivity index (χ4v) is 8.34. The number of ether oxygens (including phenoxy) is 1. The monoisotopic (exact) mass is 613 g/mol. The fourth-order valence-electron chi connectivity index (χ4n) is 5.50. The summed E-state index contributed by atoms with van der Waals surface area (Å²) in [6.07, 6.45) is 1.81. The molecule has 2 aromatic heterocycles. The molecule has 1 saturated heterocycles. The van der Waals surface area contributed by atoms with Gasteiger partial charge in [0.05, 0.1) is 29.3 Å². The molecule has 13 heteroatoms. The Balaban J connectivity index is 1.43. The number of carbonyl (C=O) groups excluding carboxylic acids is 3. The minimum absolute atomic E-state index is 0.138. The maximum Gasteiger partial charge on any atom is 0.410 e. The highest BCUT2D eigenvalue weighted by molar-refractivity contribution is 7.89. The number of hydrogen-bond donors (Lipinski definition) is 1. The van der Waals surface area contributed by atoms with E-state index in [0.29, 0.717) is 53.9 Å². The number of sulfonamides is 1. The lowest BCUT2D eigenvalue weighted by Crippen LogP contribution is -2.39. The van der Waals surface area contributed by atoms with Crippen LogP contribution in [0.15, 0.2) is 35.2 Å². The van der Waals surface area contributed by atoms with Crippen LogP contribution in [0.5, 0.6) is 0 Å². The predicted molar refractivity (Wildman–Crippen MR) is 158 cm³/mol. The van der Waals surface area contributed by atoms with Crippen LogP contribution in [0.25, 0.3) is 0 Å². The summed E-state index contributed by atoms with van der Waals surface area (Å²) < 4.78 is 34.3. The molecule has 11 nitrogen and oxygen atoms in total. The zero-order chi connectivity index (χ0) is 30.2. The molecular formula is C29H35N5O6S2. The van der Waals surface area contributed by atoms with Gasteiger partial charge in [-0.15, -0.1) is 11.3 Å². The first kappa shape index (κ1) is 29.9. The number of anilines is 1. The van der Waals surface area contributed by atoms with Gasteiger partial charge in [-0.1, -0.05) is 6.92 Å². The van der Waals surface area contributed by atoms with Gasteiger partial charge in [0, 0.05) is 35.8 Å². The summed E-state index contributed by atoms with van der Waals surface area (Å²) in [5.74, 6) is -0.546. The third-order valence-corrected chi connectivity index (χ3v) is 10.6. The van der Waals surface area contributed by atoms with Crippen LogP contribution in [0.3, 0.4) is 0 Å². The molecule has 3 aromatic rings. The highest BCUT2D eigenvalue weighted by Gasteiger charge is 2.33. The summed E-state index contributed by atoms with van der Waals surface area (Å²) in [5.41, 5.74) is 2.73. The normalized spacial score (nSPS) is 17.5. The molecular weight excluding hydrogens is 578 g/mol. The van der Waals surface area contributed by atoms with Crippen LogP contribution in [0.1, 0.15) is 69.2 Å². The van der Waals surface area contributed by atoms with Gasteiger partial charge < -0.3 is 15.0 Å². The van der Waals surface area contributed by atoms with Crippen molar-refractivity contribution in [1.29, 1.82) is 0 Å². The molecule has 2 aliphatic heterocycles. The number of nitrogens with one attached hydrogen (secondary N) is 1. The highest BCUT2D eigenvalue weighted by atomic mass is 32.2. The zero-order valence-electron chi connectivity index (χ0n) is 24.2. The summed E-state index contributed by atoms with van der Waals surface area (Å²) in [5, 5.41) is 7.59. The second-order valence-corrected chi connectivity index (χ2v) is 13.9.